The molecule has 1 N–H and O–H groups in total. The van der Waals surface area contributed by atoms with Gasteiger partial charge in [0.25, 0.3) is 0 Å². The molecule has 28 heavy (non-hydrogen) atoms. The Balaban J connectivity index is 1.49. The van der Waals surface area contributed by atoms with Crippen LogP contribution in [0.4, 0.5) is 0 Å². The summed E-state index contributed by atoms with van der Waals surface area (Å²) >= 11 is 5.94. The predicted molar refractivity (Wildman–Crippen MR) is 110 cm³/mol. The van der Waals surface area contributed by atoms with Gasteiger partial charge in [-0.25, -0.2) is 0 Å². The van der Waals surface area contributed by atoms with Crippen LogP contribution in [0.15, 0.2) is 34.9 Å². The predicted octanol–water partition coefficient (Wildman–Crippen LogP) is 3.86. The van der Waals surface area contributed by atoms with Crippen molar-refractivity contribution < 1.29 is 9.32 Å². The van der Waals surface area contributed by atoms with Crippen molar-refractivity contribution in [2.45, 2.75) is 52.1 Å². The van der Waals surface area contributed by atoms with Gasteiger partial charge < -0.3 is 9.84 Å². The second-order valence-corrected chi connectivity index (χ2v) is 7.67. The van der Waals surface area contributed by atoms with Gasteiger partial charge in [0.15, 0.2) is 5.82 Å². The molecule has 3 rings (SSSR count). The molecule has 7 heteroatoms. The second kappa shape index (κ2) is 9.85. The number of rotatable bonds is 8. The molecule has 6 nitrogen and oxygen atoms in total. The number of hydrogen-bond acceptors (Lipinski definition) is 5. The minimum Gasteiger partial charge on any atom is -0.354 e. The quantitative estimate of drug-likeness (QED) is 0.725. The lowest BCUT2D eigenvalue weighted by Gasteiger charge is -2.25. The van der Waals surface area contributed by atoms with Crippen LogP contribution in [-0.2, 0) is 17.8 Å². The Morgan fingerprint density at radius 2 is 2.14 bits per heavy atom. The maximum Gasteiger partial charge on any atom is 0.227 e. The number of halogens is 1. The van der Waals surface area contributed by atoms with Crippen LogP contribution in [0.5, 0.6) is 0 Å². The molecule has 0 bridgehead atoms. The van der Waals surface area contributed by atoms with E-state index in [0.29, 0.717) is 24.6 Å². The van der Waals surface area contributed by atoms with Crippen molar-refractivity contribution in [3.63, 3.8) is 0 Å². The van der Waals surface area contributed by atoms with Crippen molar-refractivity contribution in [1.82, 2.24) is 20.4 Å². The summed E-state index contributed by atoms with van der Waals surface area (Å²) in [6.45, 7) is 6.72. The van der Waals surface area contributed by atoms with Gasteiger partial charge in [0.05, 0.1) is 0 Å². The summed E-state index contributed by atoms with van der Waals surface area (Å²) in [5.74, 6) is 1.17. The lowest BCUT2D eigenvalue weighted by molar-refractivity contribution is -0.121. The molecule has 1 atom stereocenters. The van der Waals surface area contributed by atoms with Crippen LogP contribution < -0.4 is 5.32 Å². The van der Waals surface area contributed by atoms with Crippen LogP contribution in [0.25, 0.3) is 5.57 Å². The van der Waals surface area contributed by atoms with E-state index in [9.17, 15) is 4.79 Å². The molecule has 150 valence electrons. The number of aryl methyl sites for hydroxylation is 1. The van der Waals surface area contributed by atoms with Gasteiger partial charge in [-0.05, 0) is 43.0 Å². The second-order valence-electron chi connectivity index (χ2n) is 7.23. The lowest BCUT2D eigenvalue weighted by atomic mass is 10.1. The standard InChI is InChI=1S/C21H27ClN4O2/c1-3-15(2)23-19(27)8-9-20-24-21(25-28-20)17-10-12-26(13-11-17)14-16-4-6-18(22)7-5-16/h4-7,10,15H,3,8-9,11-14H2,1-2H3,(H,23,27)/t15-/m1/s1. The van der Waals surface area contributed by atoms with Gasteiger partial charge in [0.1, 0.15) is 0 Å². The summed E-state index contributed by atoms with van der Waals surface area (Å²) in [4.78, 5) is 18.7. The number of nitrogens with one attached hydrogen (secondary N) is 1. The average molecular weight is 403 g/mol. The minimum absolute atomic E-state index is 0.0174. The molecule has 2 heterocycles. The topological polar surface area (TPSA) is 71.3 Å². The Labute approximate surface area is 170 Å². The highest BCUT2D eigenvalue weighted by molar-refractivity contribution is 6.30. The van der Waals surface area contributed by atoms with Crippen LogP contribution >= 0.6 is 11.6 Å². The number of nitrogens with zero attached hydrogens (tertiary/aromatic N) is 3. The number of hydrogen-bond donors (Lipinski definition) is 1. The molecule has 0 spiro atoms. The normalized spacial score (nSPS) is 15.9. The first-order valence-electron chi connectivity index (χ1n) is 9.81. The molecule has 1 aliphatic rings. The zero-order valence-corrected chi connectivity index (χ0v) is 17.2. The highest BCUT2D eigenvalue weighted by Gasteiger charge is 2.18. The van der Waals surface area contributed by atoms with Crippen LogP contribution in [0.2, 0.25) is 5.02 Å². The molecule has 1 aromatic carbocycles. The fraction of sp³-hybridized carbons (Fsp3) is 0.476. The summed E-state index contributed by atoms with van der Waals surface area (Å²) < 4.78 is 5.33. The first-order valence-corrected chi connectivity index (χ1v) is 10.2. The van der Waals surface area contributed by atoms with Crippen LogP contribution in [-0.4, -0.2) is 40.1 Å². The van der Waals surface area contributed by atoms with Gasteiger partial charge in [-0.2, -0.15) is 4.98 Å². The average Bonchev–Trinajstić information content (AvgIpc) is 3.18. The molecule has 1 amide bonds. The third-order valence-electron chi connectivity index (χ3n) is 4.95. The van der Waals surface area contributed by atoms with Gasteiger partial charge in [0.2, 0.25) is 11.8 Å². The van der Waals surface area contributed by atoms with E-state index in [-0.39, 0.29) is 11.9 Å². The smallest absolute Gasteiger partial charge is 0.227 e. The van der Waals surface area contributed by atoms with Gasteiger partial charge in [-0.1, -0.05) is 41.9 Å². The fourth-order valence-electron chi connectivity index (χ4n) is 3.06. The number of carbonyl (C=O) groups excluding carboxylic acids is 1. The molecule has 0 saturated carbocycles. The van der Waals surface area contributed by atoms with E-state index in [2.05, 4.69) is 38.6 Å². The Bertz CT molecular complexity index is 816. The van der Waals surface area contributed by atoms with E-state index in [4.69, 9.17) is 16.1 Å². The van der Waals surface area contributed by atoms with Gasteiger partial charge in [-0.3, -0.25) is 9.69 Å². The SMILES string of the molecule is CC[C@@H](C)NC(=O)CCc1nc(C2=CCN(Cc3ccc(Cl)cc3)CC2)no1. The molecule has 0 saturated heterocycles. The summed E-state index contributed by atoms with van der Waals surface area (Å²) in [7, 11) is 0. The largest absolute Gasteiger partial charge is 0.354 e. The summed E-state index contributed by atoms with van der Waals surface area (Å²) in [5, 5.41) is 7.80. The zero-order chi connectivity index (χ0) is 19.9. The third-order valence-corrected chi connectivity index (χ3v) is 5.21. The highest BCUT2D eigenvalue weighted by Crippen LogP contribution is 2.21. The number of carbonyl (C=O) groups is 1. The monoisotopic (exact) mass is 402 g/mol. The number of benzene rings is 1. The molecule has 0 radical (unpaired) electrons. The zero-order valence-electron chi connectivity index (χ0n) is 16.4. The number of aromatic nitrogens is 2. The molecule has 1 aromatic heterocycles. The minimum atomic E-state index is 0.0174. The van der Waals surface area contributed by atoms with Crippen molar-refractivity contribution in [1.29, 1.82) is 0 Å². The van der Waals surface area contributed by atoms with E-state index in [1.807, 2.05) is 26.0 Å². The summed E-state index contributed by atoms with van der Waals surface area (Å²) in [5.41, 5.74) is 2.35. The first kappa shape index (κ1) is 20.6. The van der Waals surface area contributed by atoms with E-state index < -0.39 is 0 Å². The molecule has 2 aromatic rings. The van der Waals surface area contributed by atoms with E-state index in [0.717, 1.165) is 43.1 Å². The Morgan fingerprint density at radius 1 is 1.36 bits per heavy atom. The molecule has 1 aliphatic heterocycles. The van der Waals surface area contributed by atoms with E-state index in [1.54, 1.807) is 0 Å². The van der Waals surface area contributed by atoms with Gasteiger partial charge in [0, 0.05) is 43.5 Å². The van der Waals surface area contributed by atoms with Crippen LogP contribution in [0.3, 0.4) is 0 Å². The van der Waals surface area contributed by atoms with Crippen molar-refractivity contribution in [2.75, 3.05) is 13.1 Å². The number of amides is 1. The van der Waals surface area contributed by atoms with E-state index in [1.165, 1.54) is 5.56 Å². The van der Waals surface area contributed by atoms with Gasteiger partial charge >= 0.3 is 0 Å². The lowest BCUT2D eigenvalue weighted by Crippen LogP contribution is -2.32. The Hall–Kier alpha value is -2.18. The van der Waals surface area contributed by atoms with Crippen LogP contribution in [0, 0.1) is 0 Å². The van der Waals surface area contributed by atoms with Crippen molar-refractivity contribution in [3.05, 3.63) is 52.6 Å². The maximum absolute atomic E-state index is 11.9. The third kappa shape index (κ3) is 5.91. The molecular weight excluding hydrogens is 376 g/mol. The molecule has 0 aliphatic carbocycles. The van der Waals surface area contributed by atoms with Gasteiger partial charge in [-0.15, -0.1) is 0 Å². The highest BCUT2D eigenvalue weighted by atomic mass is 35.5. The van der Waals surface area contributed by atoms with E-state index >= 15 is 0 Å². The van der Waals surface area contributed by atoms with Crippen molar-refractivity contribution in [3.8, 4) is 0 Å². The first-order chi connectivity index (χ1) is 13.5. The Kier molecular flexibility index (Phi) is 7.23. The maximum atomic E-state index is 11.9. The fourth-order valence-corrected chi connectivity index (χ4v) is 3.19. The molecule has 0 unspecified atom stereocenters. The van der Waals surface area contributed by atoms with Crippen LogP contribution in [0.1, 0.15) is 50.4 Å². The molecule has 0 fully saturated rings. The summed E-state index contributed by atoms with van der Waals surface area (Å²) in [6, 6.07) is 8.15. The Morgan fingerprint density at radius 3 is 2.82 bits per heavy atom. The summed E-state index contributed by atoms with van der Waals surface area (Å²) in [6.07, 6.45) is 4.77. The molecular formula is C21H27ClN4O2. The van der Waals surface area contributed by atoms with Crippen molar-refractivity contribution in [2.24, 2.45) is 0 Å². The van der Waals surface area contributed by atoms with Crippen molar-refractivity contribution >= 4 is 23.1 Å².